The van der Waals surface area contributed by atoms with Crippen molar-refractivity contribution in [3.05, 3.63) is 35.9 Å². The van der Waals surface area contributed by atoms with E-state index in [4.69, 9.17) is 9.47 Å². The second-order valence-electron chi connectivity index (χ2n) is 4.03. The molecule has 0 saturated carbocycles. The predicted octanol–water partition coefficient (Wildman–Crippen LogP) is 1.91. The van der Waals surface area contributed by atoms with Gasteiger partial charge in [-0.15, -0.1) is 0 Å². The van der Waals surface area contributed by atoms with Crippen LogP contribution in [0.2, 0.25) is 0 Å². The summed E-state index contributed by atoms with van der Waals surface area (Å²) in [5.41, 5.74) is 0.894. The Bertz CT molecular complexity index is 405. The number of ketones is 1. The molecule has 1 aromatic rings. The van der Waals surface area contributed by atoms with Gasteiger partial charge in [-0.25, -0.2) is 4.79 Å². The number of rotatable bonds is 7. The number of nitrogens with one attached hydrogen (secondary N) is 1. The highest BCUT2D eigenvalue weighted by molar-refractivity contribution is 5.87. The molecule has 1 N–H and O–H groups in total. The number of carbonyl (C=O) groups excluding carboxylic acids is 2. The minimum Gasteiger partial charge on any atom is -0.445 e. The summed E-state index contributed by atoms with van der Waals surface area (Å²) in [5, 5.41) is 2.47. The highest BCUT2D eigenvalue weighted by atomic mass is 16.5. The average Bonchev–Trinajstić information content (AvgIpc) is 2.43. The van der Waals surface area contributed by atoms with E-state index in [1.807, 2.05) is 30.3 Å². The fraction of sp³-hybridized carbons (Fsp3) is 0.429. The van der Waals surface area contributed by atoms with Crippen molar-refractivity contribution in [3.63, 3.8) is 0 Å². The zero-order valence-electron chi connectivity index (χ0n) is 11.2. The van der Waals surface area contributed by atoms with E-state index in [1.54, 1.807) is 13.8 Å². The van der Waals surface area contributed by atoms with Crippen LogP contribution in [0.25, 0.3) is 0 Å². The Hall–Kier alpha value is -1.88. The Morgan fingerprint density at radius 2 is 1.95 bits per heavy atom. The monoisotopic (exact) mass is 265 g/mol. The van der Waals surface area contributed by atoms with Crippen LogP contribution in [0.1, 0.15) is 19.4 Å². The van der Waals surface area contributed by atoms with Crippen LogP contribution in [0.5, 0.6) is 0 Å². The summed E-state index contributed by atoms with van der Waals surface area (Å²) >= 11 is 0. The van der Waals surface area contributed by atoms with E-state index in [0.717, 1.165) is 5.56 Å². The Morgan fingerprint density at radius 1 is 1.26 bits per heavy atom. The molecule has 1 rings (SSSR count). The molecule has 0 aliphatic carbocycles. The maximum Gasteiger partial charge on any atom is 0.408 e. The summed E-state index contributed by atoms with van der Waals surface area (Å²) in [5.74, 6) is -0.182. The number of amides is 1. The summed E-state index contributed by atoms with van der Waals surface area (Å²) in [6.07, 6.45) is -0.610. The predicted molar refractivity (Wildman–Crippen MR) is 70.7 cm³/mol. The van der Waals surface area contributed by atoms with Crippen molar-refractivity contribution in [2.45, 2.75) is 26.5 Å². The van der Waals surface area contributed by atoms with Crippen molar-refractivity contribution < 1.29 is 19.1 Å². The van der Waals surface area contributed by atoms with Crippen LogP contribution in [0.3, 0.4) is 0 Å². The van der Waals surface area contributed by atoms with Crippen LogP contribution in [0, 0.1) is 0 Å². The second-order valence-corrected chi connectivity index (χ2v) is 4.03. The van der Waals surface area contributed by atoms with E-state index in [1.165, 1.54) is 0 Å². The van der Waals surface area contributed by atoms with Gasteiger partial charge in [-0.05, 0) is 19.4 Å². The van der Waals surface area contributed by atoms with Crippen LogP contribution < -0.4 is 5.32 Å². The minimum atomic E-state index is -0.616. The number of hydrogen-bond donors (Lipinski definition) is 1. The van der Waals surface area contributed by atoms with Gasteiger partial charge in [0.15, 0.2) is 5.78 Å². The molecule has 1 atom stereocenters. The molecule has 1 aromatic carbocycles. The normalized spacial score (nSPS) is 11.7. The van der Waals surface area contributed by atoms with Crippen molar-refractivity contribution in [2.24, 2.45) is 0 Å². The average molecular weight is 265 g/mol. The smallest absolute Gasteiger partial charge is 0.408 e. The SMILES string of the molecule is CCOCC(=O)C(C)NC(=O)OCc1ccccc1. The van der Waals surface area contributed by atoms with Crippen molar-refractivity contribution in [1.29, 1.82) is 0 Å². The number of hydrogen-bond acceptors (Lipinski definition) is 4. The molecule has 1 amide bonds. The van der Waals surface area contributed by atoms with Crippen molar-refractivity contribution >= 4 is 11.9 Å². The molecule has 0 aliphatic heterocycles. The van der Waals surface area contributed by atoms with Gasteiger partial charge in [0.2, 0.25) is 0 Å². The Kier molecular flexibility index (Phi) is 6.60. The third kappa shape index (κ3) is 6.01. The zero-order chi connectivity index (χ0) is 14.1. The maximum absolute atomic E-state index is 11.5. The lowest BCUT2D eigenvalue weighted by Crippen LogP contribution is -2.40. The zero-order valence-corrected chi connectivity index (χ0v) is 11.2. The highest BCUT2D eigenvalue weighted by Gasteiger charge is 2.16. The second kappa shape index (κ2) is 8.26. The van der Waals surface area contributed by atoms with Crippen LogP contribution in [-0.2, 0) is 20.9 Å². The van der Waals surface area contributed by atoms with Crippen LogP contribution >= 0.6 is 0 Å². The van der Waals surface area contributed by atoms with Gasteiger partial charge in [0.25, 0.3) is 0 Å². The Balaban J connectivity index is 2.29. The van der Waals surface area contributed by atoms with E-state index >= 15 is 0 Å². The van der Waals surface area contributed by atoms with Crippen molar-refractivity contribution in [3.8, 4) is 0 Å². The molecule has 0 bridgehead atoms. The van der Waals surface area contributed by atoms with Crippen LogP contribution in [0.15, 0.2) is 30.3 Å². The summed E-state index contributed by atoms with van der Waals surface area (Å²) < 4.78 is 10.00. The first-order valence-electron chi connectivity index (χ1n) is 6.21. The fourth-order valence-corrected chi connectivity index (χ4v) is 1.35. The standard InChI is InChI=1S/C14H19NO4/c1-3-18-10-13(16)11(2)15-14(17)19-9-12-7-5-4-6-8-12/h4-8,11H,3,9-10H2,1-2H3,(H,15,17). The lowest BCUT2D eigenvalue weighted by molar-refractivity contribution is -0.125. The van der Waals surface area contributed by atoms with E-state index in [9.17, 15) is 9.59 Å². The molecule has 5 heteroatoms. The van der Waals surface area contributed by atoms with Gasteiger partial charge in [0, 0.05) is 6.61 Å². The molecule has 5 nitrogen and oxygen atoms in total. The topological polar surface area (TPSA) is 64.6 Å². The number of ether oxygens (including phenoxy) is 2. The molecule has 19 heavy (non-hydrogen) atoms. The van der Waals surface area contributed by atoms with Gasteiger partial charge in [-0.2, -0.15) is 0 Å². The molecule has 0 aliphatic rings. The maximum atomic E-state index is 11.5. The minimum absolute atomic E-state index is 0.00334. The van der Waals surface area contributed by atoms with E-state index in [-0.39, 0.29) is 19.0 Å². The summed E-state index contributed by atoms with van der Waals surface area (Å²) in [6, 6.07) is 8.72. The first-order chi connectivity index (χ1) is 9.13. The van der Waals surface area contributed by atoms with Gasteiger partial charge in [-0.1, -0.05) is 30.3 Å². The molecule has 0 radical (unpaired) electrons. The van der Waals surface area contributed by atoms with Crippen molar-refractivity contribution in [2.75, 3.05) is 13.2 Å². The molecule has 0 fully saturated rings. The van der Waals surface area contributed by atoms with Gasteiger partial charge in [-0.3, -0.25) is 4.79 Å². The lowest BCUT2D eigenvalue weighted by Gasteiger charge is -2.13. The first kappa shape index (κ1) is 15.2. The Morgan fingerprint density at radius 3 is 2.58 bits per heavy atom. The molecule has 1 unspecified atom stereocenters. The number of Topliss-reactive ketones (excluding diaryl/α,β-unsaturated/α-hetero) is 1. The summed E-state index contributed by atoms with van der Waals surface area (Å²) in [7, 11) is 0. The number of benzene rings is 1. The largest absolute Gasteiger partial charge is 0.445 e. The number of alkyl carbamates (subject to hydrolysis) is 1. The molecular weight excluding hydrogens is 246 g/mol. The Labute approximate surface area is 112 Å². The molecular formula is C14H19NO4. The quantitative estimate of drug-likeness (QED) is 0.818. The van der Waals surface area contributed by atoms with E-state index in [2.05, 4.69) is 5.32 Å². The first-order valence-corrected chi connectivity index (χ1v) is 6.21. The van der Waals surface area contributed by atoms with E-state index < -0.39 is 12.1 Å². The number of carbonyl (C=O) groups is 2. The molecule has 0 aromatic heterocycles. The van der Waals surface area contributed by atoms with Gasteiger partial charge in [0.05, 0.1) is 6.04 Å². The van der Waals surface area contributed by atoms with Crippen LogP contribution in [0.4, 0.5) is 4.79 Å². The van der Waals surface area contributed by atoms with Crippen LogP contribution in [-0.4, -0.2) is 31.1 Å². The third-order valence-corrected chi connectivity index (χ3v) is 2.48. The van der Waals surface area contributed by atoms with E-state index in [0.29, 0.717) is 6.61 Å². The van der Waals surface area contributed by atoms with Crippen molar-refractivity contribution in [1.82, 2.24) is 5.32 Å². The molecule has 104 valence electrons. The summed E-state index contributed by atoms with van der Waals surface area (Å²) in [6.45, 7) is 4.05. The van der Waals surface area contributed by atoms with Gasteiger partial charge < -0.3 is 14.8 Å². The fourth-order valence-electron chi connectivity index (χ4n) is 1.35. The highest BCUT2D eigenvalue weighted by Crippen LogP contribution is 2.00. The molecule has 0 spiro atoms. The molecule has 0 heterocycles. The lowest BCUT2D eigenvalue weighted by atomic mass is 10.2. The van der Waals surface area contributed by atoms with Gasteiger partial charge >= 0.3 is 6.09 Å². The third-order valence-electron chi connectivity index (χ3n) is 2.48. The van der Waals surface area contributed by atoms with Gasteiger partial charge in [0.1, 0.15) is 13.2 Å². The molecule has 0 saturated heterocycles. The summed E-state index contributed by atoms with van der Waals surface area (Å²) in [4.78, 5) is 23.0.